The maximum absolute atomic E-state index is 10.9. The molecule has 6 aromatic rings. The zero-order valence-electron chi connectivity index (χ0n) is 23.4. The van der Waals surface area contributed by atoms with Crippen LogP contribution in [0, 0.1) is 0 Å². The van der Waals surface area contributed by atoms with E-state index in [0.717, 1.165) is 11.1 Å². The lowest BCUT2D eigenvalue weighted by atomic mass is 9.58. The van der Waals surface area contributed by atoms with Gasteiger partial charge < -0.3 is 5.53 Å². The summed E-state index contributed by atoms with van der Waals surface area (Å²) in [5, 5.41) is 0. The predicted molar refractivity (Wildman–Crippen MR) is 169 cm³/mol. The van der Waals surface area contributed by atoms with Crippen molar-refractivity contribution in [2.75, 3.05) is 0 Å². The quantitative estimate of drug-likeness (QED) is 0.118. The van der Waals surface area contributed by atoms with Crippen molar-refractivity contribution in [3.8, 4) is 0 Å². The van der Waals surface area contributed by atoms with E-state index in [1.165, 1.54) is 66.8 Å². The Balaban J connectivity index is 1.23. The Bertz CT molecular complexity index is 1990. The van der Waals surface area contributed by atoms with Gasteiger partial charge in [0, 0.05) is 23.7 Å². The predicted octanol–water partition coefficient (Wildman–Crippen LogP) is 8.73. The van der Waals surface area contributed by atoms with Gasteiger partial charge in [-0.2, -0.15) is 4.79 Å². The van der Waals surface area contributed by atoms with Crippen molar-refractivity contribution >= 4 is 5.71 Å². The van der Waals surface area contributed by atoms with Crippen LogP contribution >= 0.6 is 0 Å². The first-order chi connectivity index (χ1) is 21.3. The molecule has 0 unspecified atom stereocenters. The normalized spacial score (nSPS) is 20.6. The Morgan fingerprint density at radius 3 is 0.930 bits per heavy atom. The van der Waals surface area contributed by atoms with Crippen LogP contribution < -0.4 is 0 Å². The van der Waals surface area contributed by atoms with Crippen molar-refractivity contribution in [1.82, 2.24) is 0 Å². The van der Waals surface area contributed by atoms with Gasteiger partial charge in [-0.15, -0.1) is 0 Å². The van der Waals surface area contributed by atoms with E-state index in [-0.39, 0.29) is 23.7 Å². The SMILES string of the molecule is [N-]=[N+]=C(c1cccc2c1C1c3ccccc3C2c2ccccc21)c1cccc2c1C1c3ccccc3C2c2ccccc21. The molecule has 4 bridgehead atoms. The van der Waals surface area contributed by atoms with Crippen molar-refractivity contribution in [3.05, 3.63) is 217 Å². The van der Waals surface area contributed by atoms with Crippen molar-refractivity contribution < 1.29 is 4.79 Å². The van der Waals surface area contributed by atoms with Gasteiger partial charge >= 0.3 is 5.71 Å². The van der Waals surface area contributed by atoms with E-state index >= 15 is 0 Å². The minimum Gasteiger partial charge on any atom is -0.361 e. The van der Waals surface area contributed by atoms with Gasteiger partial charge in [-0.25, -0.2) is 0 Å². The van der Waals surface area contributed by atoms with Crippen LogP contribution in [0.2, 0.25) is 0 Å². The molecule has 6 aliphatic carbocycles. The summed E-state index contributed by atoms with van der Waals surface area (Å²) >= 11 is 0. The molecule has 200 valence electrons. The van der Waals surface area contributed by atoms with Crippen molar-refractivity contribution in [2.24, 2.45) is 0 Å². The molecular weight excluding hydrogens is 520 g/mol. The fraction of sp³-hybridized carbons (Fsp3) is 0.0976. The topological polar surface area (TPSA) is 36.4 Å². The van der Waals surface area contributed by atoms with Crippen LogP contribution in [0.3, 0.4) is 0 Å². The van der Waals surface area contributed by atoms with E-state index in [1.807, 2.05) is 0 Å². The smallest absolute Gasteiger partial charge is 0.330 e. The number of rotatable bonds is 2. The van der Waals surface area contributed by atoms with Crippen LogP contribution in [0.4, 0.5) is 0 Å². The first-order valence-corrected chi connectivity index (χ1v) is 15.2. The molecular formula is C41H26N2. The second-order valence-corrected chi connectivity index (χ2v) is 12.3. The summed E-state index contributed by atoms with van der Waals surface area (Å²) in [7, 11) is 0. The third-order valence-electron chi connectivity index (χ3n) is 10.6. The van der Waals surface area contributed by atoms with Gasteiger partial charge in [0.25, 0.3) is 0 Å². The third kappa shape index (κ3) is 2.84. The molecule has 12 rings (SSSR count). The van der Waals surface area contributed by atoms with Gasteiger partial charge in [-0.1, -0.05) is 121 Å². The molecule has 0 heterocycles. The van der Waals surface area contributed by atoms with Gasteiger partial charge in [0.15, 0.2) is 0 Å². The minimum absolute atomic E-state index is 0.0952. The molecule has 43 heavy (non-hydrogen) atoms. The molecule has 0 fully saturated rings. The van der Waals surface area contributed by atoms with E-state index in [9.17, 15) is 5.53 Å². The first kappa shape index (κ1) is 23.3. The third-order valence-corrected chi connectivity index (χ3v) is 10.6. The highest BCUT2D eigenvalue weighted by Gasteiger charge is 2.46. The highest BCUT2D eigenvalue weighted by molar-refractivity contribution is 6.12. The average Bonchev–Trinajstić information content (AvgIpc) is 3.08. The van der Waals surface area contributed by atoms with E-state index in [0.29, 0.717) is 5.71 Å². The highest BCUT2D eigenvalue weighted by atomic mass is 14.9. The standard InChI is InChI=1S/C41H26N2/c42-43-41(33-21-9-19-31-35-23-11-1-5-15-27(23)37(39(31)33)28-16-6-2-12-24(28)35)34-22-10-20-32-36-25-13-3-7-17-29(25)38(40(32)34)30-18-8-4-14-26(30)36/h1-22,35-38H. The summed E-state index contributed by atoms with van der Waals surface area (Å²) in [5.74, 6) is 0.536. The van der Waals surface area contributed by atoms with Gasteiger partial charge in [0.1, 0.15) is 0 Å². The fourth-order valence-electron chi connectivity index (χ4n) is 9.09. The Kier molecular flexibility index (Phi) is 4.54. The fourth-order valence-corrected chi connectivity index (χ4v) is 9.09. The summed E-state index contributed by atoms with van der Waals surface area (Å²) in [6.45, 7) is 0. The first-order valence-electron chi connectivity index (χ1n) is 15.2. The molecule has 0 saturated heterocycles. The van der Waals surface area contributed by atoms with Crippen LogP contribution in [0.15, 0.2) is 133 Å². The molecule has 0 N–H and O–H groups in total. The van der Waals surface area contributed by atoms with E-state index < -0.39 is 0 Å². The lowest BCUT2D eigenvalue weighted by Gasteiger charge is -2.43. The lowest BCUT2D eigenvalue weighted by molar-refractivity contribution is -0.00295. The largest absolute Gasteiger partial charge is 0.361 e. The van der Waals surface area contributed by atoms with Crippen LogP contribution in [-0.2, 0) is 0 Å². The molecule has 6 aromatic carbocycles. The maximum Gasteiger partial charge on any atom is 0.330 e. The van der Waals surface area contributed by atoms with Crippen LogP contribution in [-0.4, -0.2) is 10.5 Å². The summed E-state index contributed by atoms with van der Waals surface area (Å²) < 4.78 is 0. The van der Waals surface area contributed by atoms with Gasteiger partial charge in [0.2, 0.25) is 0 Å². The Morgan fingerprint density at radius 1 is 0.349 bits per heavy atom. The van der Waals surface area contributed by atoms with Crippen molar-refractivity contribution in [1.29, 1.82) is 0 Å². The molecule has 0 aliphatic heterocycles. The van der Waals surface area contributed by atoms with E-state index in [2.05, 4.69) is 138 Å². The molecule has 2 heteroatoms. The molecule has 0 amide bonds. The Labute approximate surface area is 250 Å². The maximum atomic E-state index is 10.9. The Hall–Kier alpha value is -5.30. The molecule has 0 radical (unpaired) electrons. The number of hydrogen-bond acceptors (Lipinski definition) is 0. The van der Waals surface area contributed by atoms with Crippen molar-refractivity contribution in [3.63, 3.8) is 0 Å². The second-order valence-electron chi connectivity index (χ2n) is 12.3. The molecule has 0 spiro atoms. The number of nitrogens with zero attached hydrogens (tertiary/aromatic N) is 2. The van der Waals surface area contributed by atoms with Crippen LogP contribution in [0.25, 0.3) is 5.53 Å². The number of hydrogen-bond donors (Lipinski definition) is 0. The summed E-state index contributed by atoms with van der Waals surface area (Å²) in [6.07, 6.45) is 0. The highest BCUT2D eigenvalue weighted by Crippen LogP contribution is 2.58. The lowest BCUT2D eigenvalue weighted by Crippen LogP contribution is -2.31. The Morgan fingerprint density at radius 2 is 0.628 bits per heavy atom. The van der Waals surface area contributed by atoms with E-state index in [1.54, 1.807) is 0 Å². The number of benzene rings is 6. The zero-order valence-corrected chi connectivity index (χ0v) is 23.4. The summed E-state index contributed by atoms with van der Waals surface area (Å²) in [5.41, 5.74) is 29.9. The molecule has 2 nitrogen and oxygen atoms in total. The van der Waals surface area contributed by atoms with Gasteiger partial charge in [-0.3, -0.25) is 0 Å². The van der Waals surface area contributed by atoms with E-state index in [4.69, 9.17) is 0 Å². The van der Waals surface area contributed by atoms with Crippen LogP contribution in [0.5, 0.6) is 0 Å². The molecule has 6 aliphatic rings. The monoisotopic (exact) mass is 546 g/mol. The minimum atomic E-state index is 0.0952. The molecule has 0 atom stereocenters. The van der Waals surface area contributed by atoms with Crippen LogP contribution in [0.1, 0.15) is 102 Å². The van der Waals surface area contributed by atoms with Gasteiger partial charge in [0.05, 0.1) is 11.1 Å². The molecule has 0 saturated carbocycles. The second kappa shape index (κ2) is 8.38. The summed E-state index contributed by atoms with van der Waals surface area (Å²) in [4.78, 5) is 4.15. The van der Waals surface area contributed by atoms with Crippen molar-refractivity contribution in [2.45, 2.75) is 23.7 Å². The zero-order chi connectivity index (χ0) is 28.2. The average molecular weight is 547 g/mol. The van der Waals surface area contributed by atoms with Gasteiger partial charge in [-0.05, 0) is 78.9 Å². The summed E-state index contributed by atoms with van der Waals surface area (Å²) in [6, 6.07) is 48.8. The molecule has 0 aromatic heterocycles.